The zero-order chi connectivity index (χ0) is 13.8. The quantitative estimate of drug-likeness (QED) is 0.652. The number of aryl methyl sites for hydroxylation is 3. The van der Waals surface area contributed by atoms with Gasteiger partial charge in [-0.15, -0.1) is 0 Å². The summed E-state index contributed by atoms with van der Waals surface area (Å²) >= 11 is 0. The highest BCUT2D eigenvalue weighted by Crippen LogP contribution is 2.20. The average Bonchev–Trinajstić information content (AvgIpc) is 2.39. The second-order valence-corrected chi connectivity index (χ2v) is 5.12. The minimum absolute atomic E-state index is 0.0447. The monoisotopic (exact) mass is 255 g/mol. The number of hydrogen-bond donors (Lipinski definition) is 2. The van der Waals surface area contributed by atoms with Crippen LogP contribution < -0.4 is 11.3 Å². The molecule has 3 N–H and O–H groups in total. The summed E-state index contributed by atoms with van der Waals surface area (Å²) in [6, 6.07) is 10.7. The topological polar surface area (TPSA) is 50.9 Å². The number of nitrogens with zero attached hydrogens (tertiary/aromatic N) is 1. The number of benzene rings is 1. The number of nitrogens with two attached hydrogens (primary N) is 1. The average molecular weight is 255 g/mol. The first kappa shape index (κ1) is 13.7. The van der Waals surface area contributed by atoms with Crippen LogP contribution in [0.1, 0.15) is 34.0 Å². The van der Waals surface area contributed by atoms with E-state index in [2.05, 4.69) is 61.5 Å². The van der Waals surface area contributed by atoms with Crippen LogP contribution in [-0.4, -0.2) is 4.98 Å². The summed E-state index contributed by atoms with van der Waals surface area (Å²) in [5.74, 6) is 5.70. The molecule has 19 heavy (non-hydrogen) atoms. The summed E-state index contributed by atoms with van der Waals surface area (Å²) in [5, 5.41) is 0. The SMILES string of the molecule is Cc1ccc(CC(NN)c2ncc(C)cc2C)cc1. The van der Waals surface area contributed by atoms with Gasteiger partial charge in [0.15, 0.2) is 0 Å². The number of nitrogens with one attached hydrogen (secondary N) is 1. The molecule has 3 heteroatoms. The predicted molar refractivity (Wildman–Crippen MR) is 78.7 cm³/mol. The molecule has 100 valence electrons. The van der Waals surface area contributed by atoms with Gasteiger partial charge in [-0.1, -0.05) is 35.9 Å². The van der Waals surface area contributed by atoms with E-state index in [0.717, 1.165) is 12.1 Å². The number of pyridine rings is 1. The third kappa shape index (κ3) is 3.40. The van der Waals surface area contributed by atoms with Gasteiger partial charge in [-0.3, -0.25) is 16.3 Å². The Bertz CT molecular complexity index is 546. The molecule has 0 amide bonds. The molecule has 0 saturated heterocycles. The van der Waals surface area contributed by atoms with E-state index in [1.54, 1.807) is 0 Å². The van der Waals surface area contributed by atoms with E-state index >= 15 is 0 Å². The summed E-state index contributed by atoms with van der Waals surface area (Å²) in [5.41, 5.74) is 8.78. The van der Waals surface area contributed by atoms with E-state index in [-0.39, 0.29) is 6.04 Å². The van der Waals surface area contributed by atoms with Gasteiger partial charge in [0.2, 0.25) is 0 Å². The van der Waals surface area contributed by atoms with Gasteiger partial charge in [0, 0.05) is 6.20 Å². The van der Waals surface area contributed by atoms with Gasteiger partial charge >= 0.3 is 0 Å². The van der Waals surface area contributed by atoms with E-state index in [9.17, 15) is 0 Å². The Morgan fingerprint density at radius 3 is 2.37 bits per heavy atom. The minimum atomic E-state index is 0.0447. The summed E-state index contributed by atoms with van der Waals surface area (Å²) < 4.78 is 0. The van der Waals surface area contributed by atoms with Crippen molar-refractivity contribution in [3.8, 4) is 0 Å². The Morgan fingerprint density at radius 1 is 1.11 bits per heavy atom. The van der Waals surface area contributed by atoms with Gasteiger partial charge in [-0.25, -0.2) is 0 Å². The van der Waals surface area contributed by atoms with Crippen LogP contribution in [0.4, 0.5) is 0 Å². The maximum absolute atomic E-state index is 5.70. The summed E-state index contributed by atoms with van der Waals surface area (Å²) in [6.45, 7) is 6.22. The highest BCUT2D eigenvalue weighted by atomic mass is 15.2. The van der Waals surface area contributed by atoms with Crippen LogP contribution in [0.2, 0.25) is 0 Å². The zero-order valence-corrected chi connectivity index (χ0v) is 11.8. The Morgan fingerprint density at radius 2 is 1.79 bits per heavy atom. The largest absolute Gasteiger partial charge is 0.271 e. The highest BCUT2D eigenvalue weighted by Gasteiger charge is 2.14. The summed E-state index contributed by atoms with van der Waals surface area (Å²) in [4.78, 5) is 4.52. The molecule has 3 nitrogen and oxygen atoms in total. The second-order valence-electron chi connectivity index (χ2n) is 5.12. The first-order valence-corrected chi connectivity index (χ1v) is 6.55. The summed E-state index contributed by atoms with van der Waals surface area (Å²) in [6.07, 6.45) is 2.73. The Hall–Kier alpha value is -1.71. The van der Waals surface area contributed by atoms with Crippen LogP contribution in [0.5, 0.6) is 0 Å². The molecule has 1 aromatic carbocycles. The lowest BCUT2D eigenvalue weighted by Crippen LogP contribution is -2.30. The van der Waals surface area contributed by atoms with E-state index < -0.39 is 0 Å². The first-order chi connectivity index (χ1) is 9.10. The van der Waals surface area contributed by atoms with Gasteiger partial charge < -0.3 is 0 Å². The molecule has 1 aromatic heterocycles. The molecule has 2 aromatic rings. The fourth-order valence-electron chi connectivity index (χ4n) is 2.29. The minimum Gasteiger partial charge on any atom is -0.271 e. The number of hydrazine groups is 1. The van der Waals surface area contributed by atoms with E-state index in [0.29, 0.717) is 0 Å². The number of aromatic nitrogens is 1. The van der Waals surface area contributed by atoms with Crippen molar-refractivity contribution in [1.82, 2.24) is 10.4 Å². The maximum atomic E-state index is 5.70. The van der Waals surface area contributed by atoms with E-state index in [4.69, 9.17) is 5.84 Å². The van der Waals surface area contributed by atoms with Crippen LogP contribution in [0.25, 0.3) is 0 Å². The van der Waals surface area contributed by atoms with Gasteiger partial charge in [-0.2, -0.15) is 0 Å². The summed E-state index contributed by atoms with van der Waals surface area (Å²) in [7, 11) is 0. The number of rotatable bonds is 4. The normalized spacial score (nSPS) is 12.4. The van der Waals surface area contributed by atoms with Gasteiger partial charge in [0.1, 0.15) is 0 Å². The van der Waals surface area contributed by atoms with Crippen molar-refractivity contribution in [2.75, 3.05) is 0 Å². The van der Waals surface area contributed by atoms with Crippen molar-refractivity contribution in [2.24, 2.45) is 5.84 Å². The van der Waals surface area contributed by atoms with E-state index in [1.165, 1.54) is 22.3 Å². The van der Waals surface area contributed by atoms with E-state index in [1.807, 2.05) is 6.20 Å². The molecule has 0 fully saturated rings. The molecule has 1 atom stereocenters. The van der Waals surface area contributed by atoms with Gasteiger partial charge in [0.25, 0.3) is 0 Å². The first-order valence-electron chi connectivity index (χ1n) is 6.55. The van der Waals surface area contributed by atoms with Gasteiger partial charge in [-0.05, 0) is 43.9 Å². The molecule has 0 bridgehead atoms. The Kier molecular flexibility index (Phi) is 4.30. The smallest absolute Gasteiger partial charge is 0.0675 e. The molecule has 0 aliphatic rings. The molecule has 2 rings (SSSR count). The molecular formula is C16H21N3. The molecule has 1 unspecified atom stereocenters. The van der Waals surface area contributed by atoms with Crippen molar-refractivity contribution >= 4 is 0 Å². The van der Waals surface area contributed by atoms with Gasteiger partial charge in [0.05, 0.1) is 11.7 Å². The number of hydrogen-bond acceptors (Lipinski definition) is 3. The fraction of sp³-hybridized carbons (Fsp3) is 0.312. The van der Waals surface area contributed by atoms with Crippen molar-refractivity contribution in [3.05, 3.63) is 64.5 Å². The third-order valence-corrected chi connectivity index (χ3v) is 3.35. The lowest BCUT2D eigenvalue weighted by molar-refractivity contribution is 0.535. The van der Waals surface area contributed by atoms with Crippen molar-refractivity contribution in [3.63, 3.8) is 0 Å². The lowest BCUT2D eigenvalue weighted by atomic mass is 9.99. The molecule has 0 spiro atoms. The standard InChI is InChI=1S/C16H21N3/c1-11-4-6-14(7-5-11)9-15(19-17)16-13(3)8-12(2)10-18-16/h4-8,10,15,19H,9,17H2,1-3H3. The van der Waals surface area contributed by atoms with Crippen molar-refractivity contribution in [1.29, 1.82) is 0 Å². The molecule has 0 aliphatic heterocycles. The molecule has 0 saturated carbocycles. The van der Waals surface area contributed by atoms with Crippen molar-refractivity contribution in [2.45, 2.75) is 33.2 Å². The van der Waals surface area contributed by atoms with Crippen LogP contribution in [-0.2, 0) is 6.42 Å². The Balaban J connectivity index is 2.22. The zero-order valence-electron chi connectivity index (χ0n) is 11.8. The fourth-order valence-corrected chi connectivity index (χ4v) is 2.29. The molecule has 0 aliphatic carbocycles. The lowest BCUT2D eigenvalue weighted by Gasteiger charge is -2.18. The predicted octanol–water partition coefficient (Wildman–Crippen LogP) is 2.75. The van der Waals surface area contributed by atoms with Crippen LogP contribution in [0.15, 0.2) is 36.5 Å². The van der Waals surface area contributed by atoms with Crippen molar-refractivity contribution < 1.29 is 0 Å². The molecular weight excluding hydrogens is 234 g/mol. The van der Waals surface area contributed by atoms with Crippen LogP contribution in [0, 0.1) is 20.8 Å². The Labute approximate surface area is 114 Å². The molecule has 0 radical (unpaired) electrons. The maximum Gasteiger partial charge on any atom is 0.0675 e. The van der Waals surface area contributed by atoms with Crippen LogP contribution >= 0.6 is 0 Å². The molecule has 1 heterocycles. The second kappa shape index (κ2) is 5.95. The highest BCUT2D eigenvalue weighted by molar-refractivity contribution is 5.28. The third-order valence-electron chi connectivity index (χ3n) is 3.35. The van der Waals surface area contributed by atoms with Crippen LogP contribution in [0.3, 0.4) is 0 Å².